The van der Waals surface area contributed by atoms with Crippen molar-refractivity contribution in [2.45, 2.75) is 6.92 Å². The normalized spacial score (nSPS) is 9.90. The van der Waals surface area contributed by atoms with Crippen LogP contribution in [0.4, 0.5) is 5.69 Å². The Hall–Kier alpha value is -1.83. The molecule has 1 amide bonds. The molecule has 2 aromatic carbocycles. The minimum atomic E-state index is -0.252. The highest BCUT2D eigenvalue weighted by Crippen LogP contribution is 2.24. The van der Waals surface area contributed by atoms with Gasteiger partial charge >= 0.3 is 0 Å². The molecule has 0 aliphatic rings. The number of amides is 1. The maximum atomic E-state index is 12.1. The number of hydrogen-bond acceptors (Lipinski definition) is 2. The second-order valence-electron chi connectivity index (χ2n) is 4.22. The zero-order valence-electron chi connectivity index (χ0n) is 10.6. The average Bonchev–Trinajstić information content (AvgIpc) is 2.43. The van der Waals surface area contributed by atoms with Crippen molar-refractivity contribution in [1.82, 2.24) is 0 Å². The Balaban J connectivity index is 2.23. The Labute approximate surface area is 130 Å². The van der Waals surface area contributed by atoms with Crippen LogP contribution in [0.1, 0.15) is 21.5 Å². The van der Waals surface area contributed by atoms with Crippen LogP contribution in [0.2, 0.25) is 5.02 Å². The van der Waals surface area contributed by atoms with E-state index in [9.17, 15) is 4.79 Å². The van der Waals surface area contributed by atoms with Gasteiger partial charge in [0.2, 0.25) is 0 Å². The van der Waals surface area contributed by atoms with Gasteiger partial charge in [-0.2, -0.15) is 5.26 Å². The molecular formula is C15H10BrClN2O. The van der Waals surface area contributed by atoms with E-state index in [1.807, 2.05) is 19.1 Å². The van der Waals surface area contributed by atoms with Crippen LogP contribution in [0.3, 0.4) is 0 Å². The standard InChI is InChI=1S/C15H10BrClN2O/c1-9-2-4-11(7-12(9)16)15(20)19-14-5-3-10(8-18)6-13(14)17/h2-7H,1H3,(H,19,20). The number of hydrogen-bond donors (Lipinski definition) is 1. The molecule has 0 spiro atoms. The fraction of sp³-hybridized carbons (Fsp3) is 0.0667. The fourth-order valence-corrected chi connectivity index (χ4v) is 2.22. The van der Waals surface area contributed by atoms with Crippen LogP contribution >= 0.6 is 27.5 Å². The van der Waals surface area contributed by atoms with Crippen molar-refractivity contribution in [2.75, 3.05) is 5.32 Å². The minimum Gasteiger partial charge on any atom is -0.321 e. The van der Waals surface area contributed by atoms with Gasteiger partial charge in [-0.15, -0.1) is 0 Å². The largest absolute Gasteiger partial charge is 0.321 e. The Kier molecular flexibility index (Phi) is 4.43. The molecule has 2 rings (SSSR count). The summed E-state index contributed by atoms with van der Waals surface area (Å²) < 4.78 is 0.871. The molecule has 0 saturated carbocycles. The van der Waals surface area contributed by atoms with Gasteiger partial charge in [0.25, 0.3) is 5.91 Å². The van der Waals surface area contributed by atoms with Crippen LogP contribution in [-0.2, 0) is 0 Å². The van der Waals surface area contributed by atoms with Gasteiger partial charge in [0, 0.05) is 10.0 Å². The van der Waals surface area contributed by atoms with Crippen LogP contribution in [0.15, 0.2) is 40.9 Å². The van der Waals surface area contributed by atoms with E-state index in [4.69, 9.17) is 16.9 Å². The molecule has 3 nitrogen and oxygen atoms in total. The van der Waals surface area contributed by atoms with E-state index in [2.05, 4.69) is 21.2 Å². The highest BCUT2D eigenvalue weighted by atomic mass is 79.9. The quantitative estimate of drug-likeness (QED) is 0.865. The molecule has 5 heteroatoms. The molecule has 0 aromatic heterocycles. The Morgan fingerprint density at radius 3 is 2.65 bits per heavy atom. The number of nitriles is 1. The van der Waals surface area contributed by atoms with Gasteiger partial charge in [-0.3, -0.25) is 4.79 Å². The number of carbonyl (C=O) groups excluding carboxylic acids is 1. The summed E-state index contributed by atoms with van der Waals surface area (Å²) in [6, 6.07) is 12.1. The lowest BCUT2D eigenvalue weighted by molar-refractivity contribution is 0.102. The lowest BCUT2D eigenvalue weighted by Gasteiger charge is -2.08. The Bertz CT molecular complexity index is 722. The predicted molar refractivity (Wildman–Crippen MR) is 83.0 cm³/mol. The summed E-state index contributed by atoms with van der Waals surface area (Å²) in [6.07, 6.45) is 0. The average molecular weight is 350 g/mol. The molecule has 0 atom stereocenters. The lowest BCUT2D eigenvalue weighted by atomic mass is 10.1. The maximum absolute atomic E-state index is 12.1. The van der Waals surface area contributed by atoms with Crippen LogP contribution in [0.5, 0.6) is 0 Å². The zero-order valence-corrected chi connectivity index (χ0v) is 12.9. The molecule has 2 aromatic rings. The third-order valence-electron chi connectivity index (χ3n) is 2.78. The van der Waals surface area contributed by atoms with Crippen molar-refractivity contribution >= 4 is 39.1 Å². The van der Waals surface area contributed by atoms with Crippen molar-refractivity contribution in [3.8, 4) is 6.07 Å². The van der Waals surface area contributed by atoms with E-state index in [-0.39, 0.29) is 5.91 Å². The van der Waals surface area contributed by atoms with Crippen LogP contribution < -0.4 is 5.32 Å². The van der Waals surface area contributed by atoms with E-state index in [0.717, 1.165) is 10.0 Å². The van der Waals surface area contributed by atoms with E-state index < -0.39 is 0 Å². The van der Waals surface area contributed by atoms with E-state index in [0.29, 0.717) is 21.8 Å². The molecule has 0 radical (unpaired) electrons. The SMILES string of the molecule is Cc1ccc(C(=O)Nc2ccc(C#N)cc2Cl)cc1Br. The van der Waals surface area contributed by atoms with Crippen molar-refractivity contribution in [2.24, 2.45) is 0 Å². The predicted octanol–water partition coefficient (Wildman–Crippen LogP) is 4.53. The molecule has 0 unspecified atom stereocenters. The number of rotatable bonds is 2. The summed E-state index contributed by atoms with van der Waals surface area (Å²) in [7, 11) is 0. The van der Waals surface area contributed by atoms with Crippen LogP contribution in [0.25, 0.3) is 0 Å². The van der Waals surface area contributed by atoms with E-state index in [1.54, 1.807) is 24.3 Å². The first-order valence-corrected chi connectivity index (χ1v) is 6.95. The Morgan fingerprint density at radius 1 is 1.30 bits per heavy atom. The summed E-state index contributed by atoms with van der Waals surface area (Å²) in [5.74, 6) is -0.252. The van der Waals surface area contributed by atoms with Gasteiger partial charge in [-0.25, -0.2) is 0 Å². The van der Waals surface area contributed by atoms with Crippen molar-refractivity contribution in [3.63, 3.8) is 0 Å². The van der Waals surface area contributed by atoms with Crippen molar-refractivity contribution < 1.29 is 4.79 Å². The first-order chi connectivity index (χ1) is 9.51. The molecule has 1 N–H and O–H groups in total. The number of carbonyl (C=O) groups is 1. The van der Waals surface area contributed by atoms with Gasteiger partial charge in [0.05, 0.1) is 22.3 Å². The summed E-state index contributed by atoms with van der Waals surface area (Å²) in [5, 5.41) is 11.8. The zero-order chi connectivity index (χ0) is 14.7. The number of benzene rings is 2. The van der Waals surface area contributed by atoms with Gasteiger partial charge in [-0.1, -0.05) is 33.6 Å². The second kappa shape index (κ2) is 6.08. The molecule has 0 aliphatic carbocycles. The highest BCUT2D eigenvalue weighted by molar-refractivity contribution is 9.10. The van der Waals surface area contributed by atoms with Gasteiger partial charge in [0.15, 0.2) is 0 Å². The molecule has 20 heavy (non-hydrogen) atoms. The summed E-state index contributed by atoms with van der Waals surface area (Å²) >= 11 is 9.41. The highest BCUT2D eigenvalue weighted by Gasteiger charge is 2.10. The summed E-state index contributed by atoms with van der Waals surface area (Å²) in [6.45, 7) is 1.95. The first kappa shape index (κ1) is 14.6. The number of anilines is 1. The molecule has 0 aliphatic heterocycles. The lowest BCUT2D eigenvalue weighted by Crippen LogP contribution is -2.12. The van der Waals surface area contributed by atoms with Gasteiger partial charge < -0.3 is 5.32 Å². The number of aryl methyl sites for hydroxylation is 1. The van der Waals surface area contributed by atoms with Crippen LogP contribution in [-0.4, -0.2) is 5.91 Å². The molecular weight excluding hydrogens is 340 g/mol. The number of halogens is 2. The third kappa shape index (κ3) is 3.19. The molecule has 0 fully saturated rings. The van der Waals surface area contributed by atoms with Gasteiger partial charge in [0.1, 0.15) is 0 Å². The number of nitrogens with one attached hydrogen (secondary N) is 1. The monoisotopic (exact) mass is 348 g/mol. The smallest absolute Gasteiger partial charge is 0.255 e. The minimum absolute atomic E-state index is 0.252. The topological polar surface area (TPSA) is 52.9 Å². The Morgan fingerprint density at radius 2 is 2.05 bits per heavy atom. The second-order valence-corrected chi connectivity index (χ2v) is 5.49. The van der Waals surface area contributed by atoms with Crippen LogP contribution in [0, 0.1) is 18.3 Å². The maximum Gasteiger partial charge on any atom is 0.255 e. The molecule has 100 valence electrons. The molecule has 0 heterocycles. The first-order valence-electron chi connectivity index (χ1n) is 5.78. The summed E-state index contributed by atoms with van der Waals surface area (Å²) in [5.41, 5.74) is 2.51. The fourth-order valence-electron chi connectivity index (χ4n) is 1.61. The molecule has 0 bridgehead atoms. The van der Waals surface area contributed by atoms with Crippen molar-refractivity contribution in [1.29, 1.82) is 5.26 Å². The van der Waals surface area contributed by atoms with Crippen molar-refractivity contribution in [3.05, 3.63) is 62.6 Å². The van der Waals surface area contributed by atoms with E-state index in [1.165, 1.54) is 6.07 Å². The van der Waals surface area contributed by atoms with Gasteiger partial charge in [-0.05, 0) is 42.8 Å². The summed E-state index contributed by atoms with van der Waals surface area (Å²) in [4.78, 5) is 12.1. The third-order valence-corrected chi connectivity index (χ3v) is 3.95. The molecule has 0 saturated heterocycles. The number of nitrogens with zero attached hydrogens (tertiary/aromatic N) is 1. The van der Waals surface area contributed by atoms with E-state index >= 15 is 0 Å².